The number of hydrogen-bond donors (Lipinski definition) is 1. The van der Waals surface area contributed by atoms with Crippen molar-refractivity contribution in [2.45, 2.75) is 50.1 Å². The van der Waals surface area contributed by atoms with E-state index in [-0.39, 0.29) is 23.0 Å². The summed E-state index contributed by atoms with van der Waals surface area (Å²) in [6.07, 6.45) is 3.61. The third kappa shape index (κ3) is 4.00. The smallest absolute Gasteiger partial charge is 0.252 e. The Hall–Kier alpha value is -2.64. The van der Waals surface area contributed by atoms with Crippen LogP contribution in [0.15, 0.2) is 58.2 Å². The SMILES string of the molecule is COc1ccc2[nH]c(=O)c(CN(C3CCCC3)S(=O)(=O)c3ccc(C)cc3)cc2c1. The van der Waals surface area contributed by atoms with Gasteiger partial charge in [0.1, 0.15) is 5.75 Å². The predicted octanol–water partition coefficient (Wildman–Crippen LogP) is 3.98. The summed E-state index contributed by atoms with van der Waals surface area (Å²) in [5.74, 6) is 0.681. The van der Waals surface area contributed by atoms with Crippen LogP contribution in [0.2, 0.25) is 0 Å². The first-order valence-corrected chi connectivity index (χ1v) is 11.6. The van der Waals surface area contributed by atoms with Crippen molar-refractivity contribution in [2.24, 2.45) is 0 Å². The van der Waals surface area contributed by atoms with Crippen molar-refractivity contribution in [1.29, 1.82) is 0 Å². The number of rotatable bonds is 6. The summed E-state index contributed by atoms with van der Waals surface area (Å²) in [6, 6.07) is 14.0. The van der Waals surface area contributed by atoms with Crippen molar-refractivity contribution in [3.63, 3.8) is 0 Å². The van der Waals surface area contributed by atoms with Crippen LogP contribution in [0, 0.1) is 6.92 Å². The van der Waals surface area contributed by atoms with E-state index in [1.165, 1.54) is 4.31 Å². The maximum Gasteiger partial charge on any atom is 0.252 e. The van der Waals surface area contributed by atoms with Gasteiger partial charge in [-0.3, -0.25) is 4.79 Å². The topological polar surface area (TPSA) is 79.5 Å². The van der Waals surface area contributed by atoms with Gasteiger partial charge < -0.3 is 9.72 Å². The largest absolute Gasteiger partial charge is 0.497 e. The molecule has 0 aliphatic heterocycles. The molecule has 2 aromatic carbocycles. The minimum atomic E-state index is -3.73. The first-order valence-electron chi connectivity index (χ1n) is 10.2. The molecule has 30 heavy (non-hydrogen) atoms. The van der Waals surface area contributed by atoms with E-state index in [0.717, 1.165) is 36.6 Å². The molecule has 0 saturated heterocycles. The van der Waals surface area contributed by atoms with E-state index in [4.69, 9.17) is 4.74 Å². The molecule has 1 fully saturated rings. The summed E-state index contributed by atoms with van der Waals surface area (Å²) < 4.78 is 33.8. The number of aromatic nitrogens is 1. The number of sulfonamides is 1. The minimum absolute atomic E-state index is 0.0450. The Kier molecular flexibility index (Phi) is 5.66. The van der Waals surface area contributed by atoms with Gasteiger partial charge in [-0.1, -0.05) is 30.5 Å². The zero-order chi connectivity index (χ0) is 21.3. The van der Waals surface area contributed by atoms with E-state index < -0.39 is 10.0 Å². The molecule has 0 spiro atoms. The van der Waals surface area contributed by atoms with Crippen molar-refractivity contribution in [3.8, 4) is 5.75 Å². The van der Waals surface area contributed by atoms with Gasteiger partial charge in [-0.25, -0.2) is 8.42 Å². The number of benzene rings is 2. The number of nitrogens with one attached hydrogen (secondary N) is 1. The molecule has 0 bridgehead atoms. The lowest BCUT2D eigenvalue weighted by Gasteiger charge is -2.28. The highest BCUT2D eigenvalue weighted by Crippen LogP contribution is 2.30. The average molecular weight is 427 g/mol. The molecule has 4 rings (SSSR count). The molecule has 3 aromatic rings. The fourth-order valence-electron chi connectivity index (χ4n) is 4.09. The molecule has 0 unspecified atom stereocenters. The number of fused-ring (bicyclic) bond motifs is 1. The third-order valence-corrected chi connectivity index (χ3v) is 7.73. The van der Waals surface area contributed by atoms with Gasteiger partial charge in [-0.05, 0) is 56.2 Å². The maximum absolute atomic E-state index is 13.5. The van der Waals surface area contributed by atoms with E-state index >= 15 is 0 Å². The molecular weight excluding hydrogens is 400 g/mol. The second kappa shape index (κ2) is 8.24. The Morgan fingerprint density at radius 2 is 1.77 bits per heavy atom. The molecule has 158 valence electrons. The van der Waals surface area contributed by atoms with Crippen molar-refractivity contribution in [3.05, 3.63) is 70.0 Å². The van der Waals surface area contributed by atoms with Gasteiger partial charge in [0.25, 0.3) is 5.56 Å². The van der Waals surface area contributed by atoms with E-state index in [0.29, 0.717) is 16.8 Å². The lowest BCUT2D eigenvalue weighted by molar-refractivity contribution is 0.315. The number of methoxy groups -OCH3 is 1. The molecule has 0 atom stereocenters. The normalized spacial score (nSPS) is 15.2. The fraction of sp³-hybridized carbons (Fsp3) is 0.348. The molecule has 1 aromatic heterocycles. The standard InChI is InChI=1S/C23H26N2O4S/c1-16-7-10-21(11-8-16)30(27,28)25(19-5-3-4-6-19)15-18-13-17-14-20(29-2)9-12-22(17)24-23(18)26/h7-14,19H,3-6,15H2,1-2H3,(H,24,26). The molecule has 1 N–H and O–H groups in total. The second-order valence-corrected chi connectivity index (χ2v) is 9.77. The molecule has 1 aliphatic rings. The molecule has 0 amide bonds. The summed E-state index contributed by atoms with van der Waals surface area (Å²) in [7, 11) is -2.14. The fourth-order valence-corrected chi connectivity index (χ4v) is 5.75. The summed E-state index contributed by atoms with van der Waals surface area (Å²) in [4.78, 5) is 15.9. The molecule has 6 nitrogen and oxygen atoms in total. The molecule has 7 heteroatoms. The number of aromatic amines is 1. The lowest BCUT2D eigenvalue weighted by Crippen LogP contribution is -2.39. The zero-order valence-corrected chi connectivity index (χ0v) is 18.0. The van der Waals surface area contributed by atoms with Gasteiger partial charge >= 0.3 is 0 Å². The quantitative estimate of drug-likeness (QED) is 0.647. The van der Waals surface area contributed by atoms with E-state index in [2.05, 4.69) is 4.98 Å². The van der Waals surface area contributed by atoms with Crippen molar-refractivity contribution in [2.75, 3.05) is 7.11 Å². The summed E-state index contributed by atoms with van der Waals surface area (Å²) in [6.45, 7) is 1.97. The van der Waals surface area contributed by atoms with Crippen LogP contribution in [-0.4, -0.2) is 30.9 Å². The van der Waals surface area contributed by atoms with Crippen molar-refractivity contribution < 1.29 is 13.2 Å². The summed E-state index contributed by atoms with van der Waals surface area (Å²) in [5.41, 5.74) is 1.85. The van der Waals surface area contributed by atoms with Crippen molar-refractivity contribution in [1.82, 2.24) is 9.29 Å². The maximum atomic E-state index is 13.5. The van der Waals surface area contributed by atoms with Gasteiger partial charge in [-0.2, -0.15) is 4.31 Å². The average Bonchev–Trinajstić information content (AvgIpc) is 3.26. The van der Waals surface area contributed by atoms with Crippen LogP contribution < -0.4 is 10.3 Å². The highest BCUT2D eigenvalue weighted by molar-refractivity contribution is 7.89. The van der Waals surface area contributed by atoms with Gasteiger partial charge in [-0.15, -0.1) is 0 Å². The van der Waals surface area contributed by atoms with E-state index in [1.54, 1.807) is 49.6 Å². The van der Waals surface area contributed by atoms with Gasteiger partial charge in [0.15, 0.2) is 0 Å². The minimum Gasteiger partial charge on any atom is -0.497 e. The molecular formula is C23H26N2O4S. The van der Waals surface area contributed by atoms with Crippen LogP contribution in [0.3, 0.4) is 0 Å². The Balaban J connectivity index is 1.76. The monoisotopic (exact) mass is 426 g/mol. The number of nitrogens with zero attached hydrogens (tertiary/aromatic N) is 1. The van der Waals surface area contributed by atoms with Crippen LogP contribution in [0.4, 0.5) is 0 Å². The molecule has 1 aliphatic carbocycles. The molecule has 0 radical (unpaired) electrons. The van der Waals surface area contributed by atoms with E-state index in [9.17, 15) is 13.2 Å². The van der Waals surface area contributed by atoms with Crippen LogP contribution in [0.5, 0.6) is 5.75 Å². The number of ether oxygens (including phenoxy) is 1. The lowest BCUT2D eigenvalue weighted by atomic mass is 10.1. The molecule has 1 saturated carbocycles. The van der Waals surface area contributed by atoms with Gasteiger partial charge in [0.05, 0.1) is 12.0 Å². The van der Waals surface area contributed by atoms with Gasteiger partial charge in [0, 0.05) is 29.1 Å². The van der Waals surface area contributed by atoms with Crippen LogP contribution in [0.1, 0.15) is 36.8 Å². The number of hydrogen-bond acceptors (Lipinski definition) is 4. The molecule has 1 heterocycles. The van der Waals surface area contributed by atoms with Crippen molar-refractivity contribution >= 4 is 20.9 Å². The summed E-state index contributed by atoms with van der Waals surface area (Å²) in [5, 5.41) is 0.808. The first kappa shape index (κ1) is 20.6. The van der Waals surface area contributed by atoms with Crippen LogP contribution in [0.25, 0.3) is 10.9 Å². The van der Waals surface area contributed by atoms with E-state index in [1.807, 2.05) is 13.0 Å². The Labute approximate surface area is 176 Å². The Morgan fingerprint density at radius 3 is 2.43 bits per heavy atom. The number of H-pyrrole nitrogens is 1. The Morgan fingerprint density at radius 1 is 1.07 bits per heavy atom. The predicted molar refractivity (Wildman–Crippen MR) is 117 cm³/mol. The summed E-state index contributed by atoms with van der Waals surface area (Å²) >= 11 is 0. The third-order valence-electron chi connectivity index (χ3n) is 5.81. The highest BCUT2D eigenvalue weighted by atomic mass is 32.2. The highest BCUT2D eigenvalue weighted by Gasteiger charge is 2.33. The first-order chi connectivity index (χ1) is 14.4. The van der Waals surface area contributed by atoms with Crippen LogP contribution in [-0.2, 0) is 16.6 Å². The number of aryl methyl sites for hydroxylation is 1. The van der Waals surface area contributed by atoms with Crippen LogP contribution >= 0.6 is 0 Å². The second-order valence-electron chi connectivity index (χ2n) is 7.88. The zero-order valence-electron chi connectivity index (χ0n) is 17.2. The number of pyridine rings is 1. The van der Waals surface area contributed by atoms with Gasteiger partial charge in [0.2, 0.25) is 10.0 Å². The Bertz CT molecular complexity index is 1210.